The molecule has 1 saturated heterocycles. The van der Waals surface area contributed by atoms with E-state index < -0.39 is 5.60 Å². The van der Waals surface area contributed by atoms with Gasteiger partial charge in [-0.1, -0.05) is 0 Å². The fourth-order valence-corrected chi connectivity index (χ4v) is 1.77. The van der Waals surface area contributed by atoms with E-state index in [1.807, 2.05) is 11.8 Å². The van der Waals surface area contributed by atoms with Gasteiger partial charge in [0.15, 0.2) is 0 Å². The molecule has 0 amide bonds. The van der Waals surface area contributed by atoms with Gasteiger partial charge in [0.2, 0.25) is 0 Å². The summed E-state index contributed by atoms with van der Waals surface area (Å²) < 4.78 is 5.20. The van der Waals surface area contributed by atoms with Crippen molar-refractivity contribution in [2.45, 2.75) is 18.4 Å². The molecule has 1 aliphatic heterocycles. The third-order valence-electron chi connectivity index (χ3n) is 2.36. The zero-order valence-corrected chi connectivity index (χ0v) is 9.03. The first kappa shape index (κ1) is 11.3. The highest BCUT2D eigenvalue weighted by Gasteiger charge is 2.28. The summed E-state index contributed by atoms with van der Waals surface area (Å²) >= 11 is 1.82. The number of aliphatic hydroxyl groups is 1. The second-order valence-corrected chi connectivity index (χ2v) is 4.49. The Morgan fingerprint density at radius 3 is 2.77 bits per heavy atom. The molecule has 0 spiro atoms. The van der Waals surface area contributed by atoms with Crippen LogP contribution >= 0.6 is 11.8 Å². The van der Waals surface area contributed by atoms with E-state index in [-0.39, 0.29) is 0 Å². The molecule has 0 aromatic heterocycles. The number of ether oxygens (including phenoxy) is 1. The second kappa shape index (κ2) is 5.86. The number of thioether (sulfide) groups is 1. The van der Waals surface area contributed by atoms with Crippen molar-refractivity contribution in [2.24, 2.45) is 0 Å². The molecule has 1 rings (SSSR count). The molecule has 0 radical (unpaired) electrons. The summed E-state index contributed by atoms with van der Waals surface area (Å²) in [7, 11) is 0. The maximum Gasteiger partial charge on any atom is 0.0815 e. The summed E-state index contributed by atoms with van der Waals surface area (Å²) in [5.74, 6) is 1.10. The summed E-state index contributed by atoms with van der Waals surface area (Å²) in [6, 6.07) is 0. The largest absolute Gasteiger partial charge is 0.388 e. The highest BCUT2D eigenvalue weighted by Crippen LogP contribution is 2.18. The van der Waals surface area contributed by atoms with E-state index in [9.17, 15) is 5.11 Å². The van der Waals surface area contributed by atoms with Gasteiger partial charge >= 0.3 is 0 Å². The molecule has 0 bridgehead atoms. The minimum absolute atomic E-state index is 0.517. The lowest BCUT2D eigenvalue weighted by Crippen LogP contribution is -2.45. The van der Waals surface area contributed by atoms with Gasteiger partial charge in [-0.25, -0.2) is 0 Å². The maximum atomic E-state index is 10.0. The first-order valence-electron chi connectivity index (χ1n) is 4.77. The Morgan fingerprint density at radius 1 is 1.46 bits per heavy atom. The molecule has 1 aliphatic rings. The Labute approximate surface area is 84.2 Å². The fraction of sp³-hybridized carbons (Fsp3) is 1.00. The van der Waals surface area contributed by atoms with Crippen molar-refractivity contribution >= 4 is 11.8 Å². The molecule has 0 aromatic carbocycles. The quantitative estimate of drug-likeness (QED) is 0.641. The highest BCUT2D eigenvalue weighted by molar-refractivity contribution is 7.98. The van der Waals surface area contributed by atoms with Gasteiger partial charge in [-0.2, -0.15) is 11.8 Å². The van der Waals surface area contributed by atoms with Crippen LogP contribution in [0.25, 0.3) is 0 Å². The number of hydrogen-bond acceptors (Lipinski definition) is 4. The fourth-order valence-electron chi connectivity index (χ4n) is 1.42. The van der Waals surface area contributed by atoms with Crippen LogP contribution in [0.3, 0.4) is 0 Å². The topological polar surface area (TPSA) is 41.5 Å². The molecule has 3 nitrogen and oxygen atoms in total. The lowest BCUT2D eigenvalue weighted by Gasteiger charge is -2.32. The monoisotopic (exact) mass is 205 g/mol. The first-order chi connectivity index (χ1) is 6.27. The van der Waals surface area contributed by atoms with Crippen LogP contribution in [-0.2, 0) is 4.74 Å². The molecular weight excluding hydrogens is 186 g/mol. The predicted molar refractivity (Wildman–Crippen MR) is 56.3 cm³/mol. The van der Waals surface area contributed by atoms with Crippen LogP contribution in [0.2, 0.25) is 0 Å². The van der Waals surface area contributed by atoms with Crippen LogP contribution < -0.4 is 5.32 Å². The summed E-state index contributed by atoms with van der Waals surface area (Å²) in [6.45, 7) is 3.07. The second-order valence-electron chi connectivity index (χ2n) is 3.51. The standard InChI is InChI=1S/C9H19NO2S/c1-13-7-4-10-8-9(11)2-5-12-6-3-9/h10-11H,2-8H2,1H3. The Morgan fingerprint density at radius 2 is 2.15 bits per heavy atom. The number of rotatable bonds is 5. The van der Waals surface area contributed by atoms with E-state index in [1.54, 1.807) is 0 Å². The van der Waals surface area contributed by atoms with Crippen LogP contribution in [0.15, 0.2) is 0 Å². The van der Waals surface area contributed by atoms with E-state index in [1.165, 1.54) is 0 Å². The Balaban J connectivity index is 2.10. The van der Waals surface area contributed by atoms with Crippen molar-refractivity contribution in [3.05, 3.63) is 0 Å². The molecule has 0 aromatic rings. The zero-order chi connectivity index (χ0) is 9.57. The van der Waals surface area contributed by atoms with Gasteiger partial charge in [0.1, 0.15) is 0 Å². The van der Waals surface area contributed by atoms with Crippen LogP contribution in [-0.4, -0.2) is 49.0 Å². The Kier molecular flexibility index (Phi) is 5.09. The van der Waals surface area contributed by atoms with Crippen LogP contribution in [0, 0.1) is 0 Å². The SMILES string of the molecule is CSCCNCC1(O)CCOCC1. The smallest absolute Gasteiger partial charge is 0.0815 e. The molecular formula is C9H19NO2S. The molecule has 1 fully saturated rings. The van der Waals surface area contributed by atoms with E-state index >= 15 is 0 Å². The minimum atomic E-state index is -0.517. The Hall–Kier alpha value is 0.230. The van der Waals surface area contributed by atoms with Crippen molar-refractivity contribution < 1.29 is 9.84 Å². The highest BCUT2D eigenvalue weighted by atomic mass is 32.2. The number of hydrogen-bond donors (Lipinski definition) is 2. The van der Waals surface area contributed by atoms with Crippen molar-refractivity contribution in [1.29, 1.82) is 0 Å². The van der Waals surface area contributed by atoms with E-state index in [0.717, 1.165) is 25.1 Å². The molecule has 2 N–H and O–H groups in total. The third kappa shape index (κ3) is 4.31. The minimum Gasteiger partial charge on any atom is -0.388 e. The molecule has 0 saturated carbocycles. The Bertz CT molecular complexity index is 138. The van der Waals surface area contributed by atoms with Crippen LogP contribution in [0.5, 0.6) is 0 Å². The molecule has 78 valence electrons. The van der Waals surface area contributed by atoms with E-state index in [2.05, 4.69) is 11.6 Å². The molecule has 13 heavy (non-hydrogen) atoms. The zero-order valence-electron chi connectivity index (χ0n) is 8.21. The molecule has 0 aliphatic carbocycles. The van der Waals surface area contributed by atoms with Gasteiger partial charge in [0, 0.05) is 44.9 Å². The molecule has 0 atom stereocenters. The first-order valence-corrected chi connectivity index (χ1v) is 6.16. The van der Waals surface area contributed by atoms with Crippen LogP contribution in [0.4, 0.5) is 0 Å². The maximum absolute atomic E-state index is 10.0. The normalized spacial score (nSPS) is 21.7. The van der Waals surface area contributed by atoms with Crippen molar-refractivity contribution in [2.75, 3.05) is 38.3 Å². The van der Waals surface area contributed by atoms with Crippen LogP contribution in [0.1, 0.15) is 12.8 Å². The summed E-state index contributed by atoms with van der Waals surface area (Å²) in [5.41, 5.74) is -0.517. The van der Waals surface area contributed by atoms with Gasteiger partial charge in [-0.15, -0.1) is 0 Å². The lowest BCUT2D eigenvalue weighted by molar-refractivity contribution is -0.0612. The molecule has 1 heterocycles. The summed E-state index contributed by atoms with van der Waals surface area (Å²) in [6.07, 6.45) is 3.61. The average molecular weight is 205 g/mol. The molecule has 0 unspecified atom stereocenters. The van der Waals surface area contributed by atoms with Gasteiger partial charge in [0.05, 0.1) is 5.60 Å². The van der Waals surface area contributed by atoms with Crippen molar-refractivity contribution in [3.8, 4) is 0 Å². The third-order valence-corrected chi connectivity index (χ3v) is 2.97. The van der Waals surface area contributed by atoms with Gasteiger partial charge in [-0.3, -0.25) is 0 Å². The van der Waals surface area contributed by atoms with E-state index in [4.69, 9.17) is 4.74 Å². The van der Waals surface area contributed by atoms with E-state index in [0.29, 0.717) is 19.8 Å². The van der Waals surface area contributed by atoms with Gasteiger partial charge in [-0.05, 0) is 6.26 Å². The van der Waals surface area contributed by atoms with Crippen molar-refractivity contribution in [3.63, 3.8) is 0 Å². The van der Waals surface area contributed by atoms with Gasteiger partial charge in [0.25, 0.3) is 0 Å². The molecule has 4 heteroatoms. The summed E-state index contributed by atoms with van der Waals surface area (Å²) in [4.78, 5) is 0. The summed E-state index contributed by atoms with van der Waals surface area (Å²) in [5, 5.41) is 13.3. The van der Waals surface area contributed by atoms with Crippen molar-refractivity contribution in [1.82, 2.24) is 5.32 Å². The lowest BCUT2D eigenvalue weighted by atomic mass is 9.94. The number of nitrogens with one attached hydrogen (secondary N) is 1. The average Bonchev–Trinajstić information content (AvgIpc) is 2.14. The van der Waals surface area contributed by atoms with Gasteiger partial charge < -0.3 is 15.2 Å². The predicted octanol–water partition coefficient (Wildman–Crippen LogP) is 0.480.